The molecule has 0 bridgehead atoms. The number of nitrogens with one attached hydrogen (secondary N) is 1. The molecule has 0 saturated carbocycles. The lowest BCUT2D eigenvalue weighted by Gasteiger charge is -2.46. The van der Waals surface area contributed by atoms with Crippen LogP contribution in [0.3, 0.4) is 0 Å². The molecule has 1 saturated heterocycles. The summed E-state index contributed by atoms with van der Waals surface area (Å²) >= 11 is 0. The molecule has 1 aromatic rings. The van der Waals surface area contributed by atoms with Crippen LogP contribution in [0, 0.1) is 6.92 Å². The number of aryl methyl sites for hydroxylation is 1. The van der Waals surface area contributed by atoms with Crippen molar-refractivity contribution in [2.75, 3.05) is 6.61 Å². The third-order valence-corrected chi connectivity index (χ3v) is 8.64. The van der Waals surface area contributed by atoms with E-state index < -0.39 is 32.0 Å². The van der Waals surface area contributed by atoms with Crippen molar-refractivity contribution in [3.05, 3.63) is 32.6 Å². The molecule has 32 heavy (non-hydrogen) atoms. The van der Waals surface area contributed by atoms with Crippen molar-refractivity contribution in [2.24, 2.45) is 0 Å². The molecule has 0 aromatic carbocycles. The number of aliphatic hydroxyl groups excluding tert-OH is 1. The quantitative estimate of drug-likeness (QED) is 0.477. The van der Waals surface area contributed by atoms with Crippen LogP contribution in [-0.2, 0) is 9.26 Å². The standard InChI is InChI=1S/C22H41N4O5P/c1-13(2)25(14(3)4)32(26(15(5)6)16(7)8)31-18-10-20(30-19(18)12-27)24-11-17(9)21(28)23-22(24)29/h11,13-16,18-20,27H,10,12H2,1-9H3,(H,23,28,29)/t18-,19-,20-/m1/s1/i27D. The van der Waals surface area contributed by atoms with Crippen LogP contribution in [0.25, 0.3) is 0 Å². The van der Waals surface area contributed by atoms with E-state index in [2.05, 4.69) is 74.8 Å². The predicted molar refractivity (Wildman–Crippen MR) is 128 cm³/mol. The van der Waals surface area contributed by atoms with Gasteiger partial charge in [0.05, 0.1) is 12.7 Å². The third-order valence-electron chi connectivity index (χ3n) is 5.54. The van der Waals surface area contributed by atoms with Gasteiger partial charge in [-0.05, 0) is 62.3 Å². The monoisotopic (exact) mass is 473 g/mol. The Morgan fingerprint density at radius 2 is 1.69 bits per heavy atom. The van der Waals surface area contributed by atoms with Gasteiger partial charge < -0.3 is 14.4 Å². The number of ether oxygens (including phenoxy) is 1. The summed E-state index contributed by atoms with van der Waals surface area (Å²) in [4.78, 5) is 26.6. The van der Waals surface area contributed by atoms with Gasteiger partial charge in [0, 0.05) is 42.3 Å². The first-order chi connectivity index (χ1) is 15.4. The molecule has 1 fully saturated rings. The summed E-state index contributed by atoms with van der Waals surface area (Å²) in [5, 5.41) is 4.69. The van der Waals surface area contributed by atoms with Gasteiger partial charge in [0.2, 0.25) is 1.43 Å². The van der Waals surface area contributed by atoms with Crippen molar-refractivity contribution >= 4 is 8.45 Å². The Morgan fingerprint density at radius 1 is 1.16 bits per heavy atom. The Labute approximate surface area is 194 Å². The first kappa shape index (κ1) is 25.5. The van der Waals surface area contributed by atoms with Crippen molar-refractivity contribution in [1.82, 2.24) is 18.9 Å². The Balaban J connectivity index is 2.43. The normalized spacial score (nSPS) is 22.5. The van der Waals surface area contributed by atoms with Crippen molar-refractivity contribution < 1.29 is 14.4 Å². The molecule has 10 heteroatoms. The molecule has 0 amide bonds. The average molecular weight is 474 g/mol. The zero-order valence-corrected chi connectivity index (χ0v) is 21.8. The molecule has 9 nitrogen and oxygen atoms in total. The van der Waals surface area contributed by atoms with Gasteiger partial charge in [-0.15, -0.1) is 0 Å². The van der Waals surface area contributed by atoms with E-state index in [4.69, 9.17) is 10.7 Å². The third kappa shape index (κ3) is 6.07. The van der Waals surface area contributed by atoms with Gasteiger partial charge in [0.1, 0.15) is 12.3 Å². The second-order valence-electron chi connectivity index (χ2n) is 9.54. The fraction of sp³-hybridized carbons (Fsp3) is 0.818. The van der Waals surface area contributed by atoms with E-state index in [0.717, 1.165) is 0 Å². The number of hydrogen-bond acceptors (Lipinski definition) is 7. The van der Waals surface area contributed by atoms with Crippen molar-refractivity contribution in [1.29, 1.82) is 1.43 Å². The average Bonchev–Trinajstić information content (AvgIpc) is 3.06. The fourth-order valence-corrected chi connectivity index (χ4v) is 6.76. The van der Waals surface area contributed by atoms with Gasteiger partial charge in [-0.25, -0.2) is 14.1 Å². The Hall–Kier alpha value is -1.09. The number of aromatic amines is 1. The van der Waals surface area contributed by atoms with Gasteiger partial charge in [-0.3, -0.25) is 14.3 Å². The number of H-pyrrole nitrogens is 1. The molecule has 0 unspecified atom stereocenters. The largest absolute Gasteiger partial charge is 0.394 e. The van der Waals surface area contributed by atoms with E-state index >= 15 is 0 Å². The molecule has 2 heterocycles. The molecule has 0 spiro atoms. The van der Waals surface area contributed by atoms with E-state index in [1.54, 1.807) is 6.92 Å². The van der Waals surface area contributed by atoms with Gasteiger partial charge in [-0.1, -0.05) is 0 Å². The van der Waals surface area contributed by atoms with Crippen molar-refractivity contribution in [2.45, 2.75) is 111 Å². The number of aliphatic hydroxyl groups is 1. The van der Waals surface area contributed by atoms with Crippen LogP contribution in [0.4, 0.5) is 0 Å². The second kappa shape index (κ2) is 11.4. The topological polar surface area (TPSA) is 100 Å². The van der Waals surface area contributed by atoms with Gasteiger partial charge >= 0.3 is 5.69 Å². The Morgan fingerprint density at radius 3 is 2.16 bits per heavy atom. The Bertz CT molecular complexity index is 839. The number of rotatable bonds is 11. The highest BCUT2D eigenvalue weighted by atomic mass is 31.2. The zero-order valence-electron chi connectivity index (χ0n) is 21.9. The molecule has 3 atom stereocenters. The summed E-state index contributed by atoms with van der Waals surface area (Å²) in [5.74, 6) is 0. The summed E-state index contributed by atoms with van der Waals surface area (Å²) in [5.41, 5.74) is -0.513. The lowest BCUT2D eigenvalue weighted by molar-refractivity contribution is -0.0432. The molecule has 0 aliphatic carbocycles. The highest BCUT2D eigenvalue weighted by molar-refractivity contribution is 7.47. The van der Waals surface area contributed by atoms with Crippen LogP contribution in [0.1, 0.15) is 73.6 Å². The maximum absolute atomic E-state index is 12.5. The summed E-state index contributed by atoms with van der Waals surface area (Å²) in [7, 11) is -1.18. The van der Waals surface area contributed by atoms with Crippen LogP contribution in [-0.4, -0.2) is 68.4 Å². The van der Waals surface area contributed by atoms with E-state index in [1.807, 2.05) is 0 Å². The maximum Gasteiger partial charge on any atom is 0.330 e. The van der Waals surface area contributed by atoms with E-state index in [-0.39, 0.29) is 36.9 Å². The second-order valence-corrected chi connectivity index (χ2v) is 11.2. The van der Waals surface area contributed by atoms with Crippen LogP contribution >= 0.6 is 8.45 Å². The van der Waals surface area contributed by atoms with E-state index in [0.29, 0.717) is 12.0 Å². The molecular weight excluding hydrogens is 431 g/mol. The molecule has 0 radical (unpaired) electrons. The minimum Gasteiger partial charge on any atom is -0.394 e. The minimum atomic E-state index is -1.18. The Kier molecular flexibility index (Phi) is 9.06. The highest BCUT2D eigenvalue weighted by Gasteiger charge is 2.43. The van der Waals surface area contributed by atoms with Crippen LogP contribution in [0.5, 0.6) is 0 Å². The maximum atomic E-state index is 12.5. The number of aromatic nitrogens is 2. The minimum absolute atomic E-state index is 0.0220. The van der Waals surface area contributed by atoms with Crippen LogP contribution < -0.4 is 11.2 Å². The zero-order chi connectivity index (χ0) is 25.0. The fourth-order valence-electron chi connectivity index (χ4n) is 4.26. The van der Waals surface area contributed by atoms with E-state index in [9.17, 15) is 9.59 Å². The highest BCUT2D eigenvalue weighted by Crippen LogP contribution is 2.53. The molecule has 184 valence electrons. The number of nitrogens with zero attached hydrogens (tertiary/aromatic N) is 3. The molecule has 1 aromatic heterocycles. The molecule has 1 aliphatic heterocycles. The lowest BCUT2D eigenvalue weighted by Crippen LogP contribution is -2.44. The molecular formula is C22H41N4O5P. The SMILES string of the molecule is [2H]OC[C@H]1O[C@@H](n2cc(C)c(=O)[nH]c2=O)C[C@H]1OP(N(C(C)C)C(C)C)N(C(C)C)C(C)C. The molecule has 1 aliphatic rings. The van der Waals surface area contributed by atoms with Crippen LogP contribution in [0.15, 0.2) is 15.8 Å². The van der Waals surface area contributed by atoms with E-state index in [1.165, 1.54) is 10.8 Å². The lowest BCUT2D eigenvalue weighted by atomic mass is 10.2. The van der Waals surface area contributed by atoms with Gasteiger partial charge in [-0.2, -0.15) is 0 Å². The summed E-state index contributed by atoms with van der Waals surface area (Å²) in [6.07, 6.45) is 0.406. The summed E-state index contributed by atoms with van der Waals surface area (Å²) < 4.78 is 26.4. The van der Waals surface area contributed by atoms with Gasteiger partial charge in [0.15, 0.2) is 8.45 Å². The molecule has 2 rings (SSSR count). The van der Waals surface area contributed by atoms with Crippen molar-refractivity contribution in [3.63, 3.8) is 0 Å². The summed E-state index contributed by atoms with van der Waals surface area (Å²) in [6.45, 7) is 19.0. The smallest absolute Gasteiger partial charge is 0.330 e. The number of hydrogen-bond donors (Lipinski definition) is 2. The summed E-state index contributed by atoms with van der Waals surface area (Å²) in [6, 6.07) is 1.02. The van der Waals surface area contributed by atoms with Crippen LogP contribution in [0.2, 0.25) is 0 Å². The molecule has 2 N–H and O–H groups in total. The first-order valence-electron chi connectivity index (χ1n) is 11.9. The van der Waals surface area contributed by atoms with Crippen molar-refractivity contribution in [3.8, 4) is 0 Å². The predicted octanol–water partition coefficient (Wildman–Crippen LogP) is 2.97. The van der Waals surface area contributed by atoms with Gasteiger partial charge in [0.25, 0.3) is 5.56 Å². The first-order valence-corrected chi connectivity index (χ1v) is 12.6.